The molecule has 8 nitrogen and oxygen atoms in total. The molecule has 2 amide bonds. The van der Waals surface area contributed by atoms with E-state index in [9.17, 15) is 27.6 Å². The lowest BCUT2D eigenvalue weighted by Crippen LogP contribution is -2.59. The zero-order valence-corrected chi connectivity index (χ0v) is 18.4. The van der Waals surface area contributed by atoms with Crippen molar-refractivity contribution in [3.63, 3.8) is 0 Å². The number of carbonyl (C=O) groups is 3. The van der Waals surface area contributed by atoms with Crippen molar-refractivity contribution < 1.29 is 37.4 Å². The maximum Gasteiger partial charge on any atom is 0.417 e. The molecule has 34 heavy (non-hydrogen) atoms. The number of alkyl carbamates (subject to hydrolysis) is 1. The Balaban J connectivity index is 1.69. The summed E-state index contributed by atoms with van der Waals surface area (Å²) >= 11 is 0. The second-order valence-corrected chi connectivity index (χ2v) is 8.11. The van der Waals surface area contributed by atoms with E-state index >= 15 is 0 Å². The molecule has 0 fully saturated rings. The lowest BCUT2D eigenvalue weighted by atomic mass is 9.98. The second kappa shape index (κ2) is 10.1. The molecule has 11 heteroatoms. The smallest absolute Gasteiger partial charge is 0.417 e. The number of hydrogen-bond acceptors (Lipinski definition) is 5. The monoisotopic (exact) mass is 479 g/mol. The number of ether oxygens (including phenoxy) is 1. The number of nitrogens with zero attached hydrogens (tertiary/aromatic N) is 1. The fraction of sp³-hybridized carbons (Fsp3) is 0.348. The summed E-state index contributed by atoms with van der Waals surface area (Å²) in [6, 6.07) is 10.3. The number of carboxylic acids is 1. The molecule has 0 saturated carbocycles. The van der Waals surface area contributed by atoms with Crippen LogP contribution in [-0.4, -0.2) is 73.5 Å². The van der Waals surface area contributed by atoms with Crippen LogP contribution < -0.4 is 10.6 Å². The molecule has 0 aliphatic heterocycles. The van der Waals surface area contributed by atoms with Crippen LogP contribution in [0.1, 0.15) is 17.0 Å². The Morgan fingerprint density at radius 1 is 1.00 bits per heavy atom. The van der Waals surface area contributed by atoms with Crippen LogP contribution in [0.3, 0.4) is 0 Å². The summed E-state index contributed by atoms with van der Waals surface area (Å²) in [5.74, 6) is -3.59. The number of carboxylic acid groups (broad SMARTS) is 1. The molecular weight excluding hydrogens is 455 g/mol. The predicted octanol–water partition coefficient (Wildman–Crippen LogP) is 2.59. The minimum atomic E-state index is -5.17. The quantitative estimate of drug-likeness (QED) is 0.537. The topological polar surface area (TPSA) is 108 Å². The molecule has 1 aliphatic carbocycles. The van der Waals surface area contributed by atoms with Crippen LogP contribution in [-0.2, 0) is 14.3 Å². The lowest BCUT2D eigenvalue weighted by Gasteiger charge is -2.24. The van der Waals surface area contributed by atoms with Gasteiger partial charge in [-0.1, -0.05) is 48.5 Å². The Bertz CT molecular complexity index is 1030. The fourth-order valence-corrected chi connectivity index (χ4v) is 3.86. The number of rotatable bonds is 8. The third-order valence-electron chi connectivity index (χ3n) is 5.36. The maximum atomic E-state index is 13.5. The van der Waals surface area contributed by atoms with E-state index in [2.05, 4.69) is 0 Å². The molecule has 0 saturated heterocycles. The van der Waals surface area contributed by atoms with Gasteiger partial charge in [0.1, 0.15) is 12.6 Å². The maximum absolute atomic E-state index is 13.5. The summed E-state index contributed by atoms with van der Waals surface area (Å²) in [4.78, 5) is 37.1. The van der Waals surface area contributed by atoms with Crippen molar-refractivity contribution >= 4 is 18.0 Å². The van der Waals surface area contributed by atoms with Crippen LogP contribution in [0.15, 0.2) is 48.5 Å². The number of alkyl halides is 3. The van der Waals surface area contributed by atoms with Crippen molar-refractivity contribution in [1.82, 2.24) is 15.5 Å². The summed E-state index contributed by atoms with van der Waals surface area (Å²) in [7, 11) is 3.00. The number of amides is 2. The average Bonchev–Trinajstić information content (AvgIpc) is 3.08. The summed E-state index contributed by atoms with van der Waals surface area (Å²) in [5, 5.41) is 12.5. The largest absolute Gasteiger partial charge is 0.480 e. The van der Waals surface area contributed by atoms with E-state index < -0.39 is 36.2 Å². The summed E-state index contributed by atoms with van der Waals surface area (Å²) < 4.78 is 45.6. The Labute approximate surface area is 193 Å². The molecule has 1 unspecified atom stereocenters. The fourth-order valence-electron chi connectivity index (χ4n) is 3.86. The molecule has 1 aliphatic rings. The number of hydrogen-bond donors (Lipinski definition) is 3. The molecule has 3 N–H and O–H groups in total. The minimum absolute atomic E-state index is 0.239. The van der Waals surface area contributed by atoms with Crippen LogP contribution in [0.25, 0.3) is 11.1 Å². The van der Waals surface area contributed by atoms with Gasteiger partial charge >= 0.3 is 18.2 Å². The van der Waals surface area contributed by atoms with Crippen molar-refractivity contribution in [2.75, 3.05) is 27.2 Å². The number of carbonyl (C=O) groups excluding carboxylic acids is 2. The van der Waals surface area contributed by atoms with Crippen molar-refractivity contribution in [2.24, 2.45) is 0 Å². The van der Waals surface area contributed by atoms with E-state index in [1.807, 2.05) is 53.8 Å². The first-order valence-corrected chi connectivity index (χ1v) is 10.3. The van der Waals surface area contributed by atoms with Crippen molar-refractivity contribution in [3.8, 4) is 11.1 Å². The third-order valence-corrected chi connectivity index (χ3v) is 5.36. The average molecular weight is 479 g/mol. The van der Waals surface area contributed by atoms with E-state index in [0.29, 0.717) is 0 Å². The summed E-state index contributed by atoms with van der Waals surface area (Å²) in [5.41, 5.74) is 3.63. The molecule has 2 aromatic carbocycles. The number of halogens is 3. The normalized spacial score (nSPS) is 14.6. The van der Waals surface area contributed by atoms with Gasteiger partial charge in [0.2, 0.25) is 6.04 Å². The van der Waals surface area contributed by atoms with Gasteiger partial charge in [0.25, 0.3) is 5.91 Å². The van der Waals surface area contributed by atoms with Crippen LogP contribution in [0, 0.1) is 0 Å². The molecule has 0 bridgehead atoms. The summed E-state index contributed by atoms with van der Waals surface area (Å²) in [6.45, 7) is -0.485. The minimum Gasteiger partial charge on any atom is -0.480 e. The highest BCUT2D eigenvalue weighted by molar-refractivity contribution is 5.90. The first-order valence-electron chi connectivity index (χ1n) is 10.3. The number of aliphatic carboxylic acids is 1. The van der Waals surface area contributed by atoms with E-state index in [4.69, 9.17) is 9.84 Å². The predicted molar refractivity (Wildman–Crippen MR) is 116 cm³/mol. The zero-order chi connectivity index (χ0) is 25.0. The number of likely N-dealkylation sites (N-methyl/N-ethyl adjacent to an activating group) is 1. The Kier molecular flexibility index (Phi) is 7.45. The van der Waals surface area contributed by atoms with Crippen LogP contribution in [0.5, 0.6) is 0 Å². The molecule has 2 atom stereocenters. The van der Waals surface area contributed by atoms with Crippen molar-refractivity contribution in [3.05, 3.63) is 59.7 Å². The van der Waals surface area contributed by atoms with Gasteiger partial charge in [-0.05, 0) is 36.3 Å². The van der Waals surface area contributed by atoms with Crippen LogP contribution >= 0.6 is 0 Å². The molecule has 0 aromatic heterocycles. The van der Waals surface area contributed by atoms with Crippen molar-refractivity contribution in [2.45, 2.75) is 24.2 Å². The van der Waals surface area contributed by atoms with Gasteiger partial charge in [-0.3, -0.25) is 4.79 Å². The van der Waals surface area contributed by atoms with Gasteiger partial charge < -0.3 is 25.4 Å². The molecule has 3 rings (SSSR count). The number of nitrogens with one attached hydrogen (secondary N) is 2. The highest BCUT2D eigenvalue weighted by Crippen LogP contribution is 2.44. The summed E-state index contributed by atoms with van der Waals surface area (Å²) in [6.07, 6.45) is -6.62. The highest BCUT2D eigenvalue weighted by atomic mass is 19.4. The molecule has 2 aromatic rings. The van der Waals surface area contributed by atoms with E-state index in [1.54, 1.807) is 0 Å². The number of fused-ring (bicyclic) bond motifs is 3. The van der Waals surface area contributed by atoms with Crippen LogP contribution in [0.2, 0.25) is 0 Å². The Hall–Kier alpha value is -3.60. The highest BCUT2D eigenvalue weighted by Gasteiger charge is 2.47. The molecule has 0 heterocycles. The van der Waals surface area contributed by atoms with Gasteiger partial charge in [-0.2, -0.15) is 13.2 Å². The molecular formula is C23H24F3N3O5. The molecule has 0 spiro atoms. The van der Waals surface area contributed by atoms with E-state index in [-0.39, 0.29) is 19.1 Å². The van der Waals surface area contributed by atoms with Gasteiger partial charge in [0, 0.05) is 12.5 Å². The van der Waals surface area contributed by atoms with E-state index in [1.165, 1.54) is 24.3 Å². The van der Waals surface area contributed by atoms with Gasteiger partial charge in [-0.15, -0.1) is 0 Å². The third kappa shape index (κ3) is 5.66. The van der Waals surface area contributed by atoms with E-state index in [0.717, 1.165) is 22.3 Å². The first kappa shape index (κ1) is 25.0. The van der Waals surface area contributed by atoms with Crippen LogP contribution in [0.4, 0.5) is 18.0 Å². The first-order chi connectivity index (χ1) is 16.0. The van der Waals surface area contributed by atoms with Gasteiger partial charge in [0.05, 0.1) is 0 Å². The standard InChI is InChI=1S/C23H24F3N3O5/c1-29(2)11-18(21(31)32)27-20(30)19(23(24,25)26)28-22(33)34-12-17-15-9-5-3-7-13(15)14-8-4-6-10-16(14)17/h3-10,17-19H,11-12H2,1-2H3,(H,27,30)(H,28,33)(H,31,32)/t18-,19?/m0/s1. The van der Waals surface area contributed by atoms with Gasteiger partial charge in [0.15, 0.2) is 0 Å². The molecule has 0 radical (unpaired) electrons. The van der Waals surface area contributed by atoms with Crippen molar-refractivity contribution in [1.29, 1.82) is 0 Å². The Morgan fingerprint density at radius 2 is 1.53 bits per heavy atom. The zero-order valence-electron chi connectivity index (χ0n) is 18.4. The second-order valence-electron chi connectivity index (χ2n) is 8.11. The Morgan fingerprint density at radius 3 is 2.00 bits per heavy atom. The van der Waals surface area contributed by atoms with Gasteiger partial charge in [-0.25, -0.2) is 9.59 Å². The lowest BCUT2D eigenvalue weighted by molar-refractivity contribution is -0.169. The molecule has 182 valence electrons. The SMILES string of the molecule is CN(C)C[C@H](NC(=O)C(NC(=O)OCC1c2ccccc2-c2ccccc21)C(F)(F)F)C(=O)O. The number of benzene rings is 2.